The number of alkyl halides is 3. The van der Waals surface area contributed by atoms with E-state index in [0.29, 0.717) is 11.3 Å². The lowest BCUT2D eigenvalue weighted by Gasteiger charge is -2.29. The van der Waals surface area contributed by atoms with E-state index in [-0.39, 0.29) is 0 Å². The molecule has 27 heavy (non-hydrogen) atoms. The largest absolute Gasteiger partial charge is 0.416 e. The van der Waals surface area contributed by atoms with Crippen LogP contribution in [0.1, 0.15) is 88.2 Å². The summed E-state index contributed by atoms with van der Waals surface area (Å²) in [5.41, 5.74) is 0.728. The van der Waals surface area contributed by atoms with Crippen molar-refractivity contribution in [3.8, 4) is 0 Å². The smallest absolute Gasteiger partial charge is 0.166 e. The SMILES string of the molecule is CCCCCCCC1CCC(c2ccc3cc(C(F)(F)F)ccc3c2)CC1. The molecule has 1 aliphatic carbocycles. The molecule has 0 radical (unpaired) electrons. The molecule has 0 atom stereocenters. The summed E-state index contributed by atoms with van der Waals surface area (Å²) in [4.78, 5) is 0. The highest BCUT2D eigenvalue weighted by molar-refractivity contribution is 5.84. The molecule has 0 bridgehead atoms. The van der Waals surface area contributed by atoms with Gasteiger partial charge in [-0.3, -0.25) is 0 Å². The van der Waals surface area contributed by atoms with Gasteiger partial charge < -0.3 is 0 Å². The molecule has 1 aliphatic rings. The molecule has 0 saturated heterocycles. The van der Waals surface area contributed by atoms with E-state index >= 15 is 0 Å². The first-order valence-electron chi connectivity index (χ1n) is 10.6. The van der Waals surface area contributed by atoms with Crippen LogP contribution in [0.2, 0.25) is 0 Å². The second-order valence-electron chi connectivity index (χ2n) is 8.24. The van der Waals surface area contributed by atoms with Crippen LogP contribution in [0.3, 0.4) is 0 Å². The van der Waals surface area contributed by atoms with Crippen molar-refractivity contribution in [2.75, 3.05) is 0 Å². The predicted octanol–water partition coefficient (Wildman–Crippen LogP) is 8.49. The van der Waals surface area contributed by atoms with Crippen molar-refractivity contribution >= 4 is 10.8 Å². The number of hydrogen-bond donors (Lipinski definition) is 0. The Morgan fingerprint density at radius 1 is 0.815 bits per heavy atom. The van der Waals surface area contributed by atoms with Crippen molar-refractivity contribution in [2.45, 2.75) is 83.2 Å². The fraction of sp³-hybridized carbons (Fsp3) is 0.583. The third-order valence-electron chi connectivity index (χ3n) is 6.23. The number of unbranched alkanes of at least 4 members (excludes halogenated alkanes) is 4. The second-order valence-corrected chi connectivity index (χ2v) is 8.24. The van der Waals surface area contributed by atoms with E-state index in [2.05, 4.69) is 13.0 Å². The van der Waals surface area contributed by atoms with Crippen molar-refractivity contribution in [3.05, 3.63) is 47.5 Å². The first-order chi connectivity index (χ1) is 13.0. The quantitative estimate of drug-likeness (QED) is 0.425. The molecule has 0 heterocycles. The molecule has 3 rings (SSSR count). The maximum Gasteiger partial charge on any atom is 0.416 e. The third-order valence-corrected chi connectivity index (χ3v) is 6.23. The van der Waals surface area contributed by atoms with Gasteiger partial charge in [0.25, 0.3) is 0 Å². The van der Waals surface area contributed by atoms with Crippen molar-refractivity contribution in [1.29, 1.82) is 0 Å². The molecule has 0 spiro atoms. The fourth-order valence-electron chi connectivity index (χ4n) is 4.52. The lowest BCUT2D eigenvalue weighted by molar-refractivity contribution is -0.137. The number of fused-ring (bicyclic) bond motifs is 1. The molecule has 1 fully saturated rings. The van der Waals surface area contributed by atoms with Gasteiger partial charge in [-0.15, -0.1) is 0 Å². The predicted molar refractivity (Wildman–Crippen MR) is 107 cm³/mol. The Hall–Kier alpha value is -1.51. The van der Waals surface area contributed by atoms with Crippen molar-refractivity contribution < 1.29 is 13.2 Å². The zero-order chi connectivity index (χ0) is 19.3. The Bertz CT molecular complexity index is 724. The van der Waals surface area contributed by atoms with Crippen LogP contribution in [0.25, 0.3) is 10.8 Å². The van der Waals surface area contributed by atoms with Crippen LogP contribution in [0.4, 0.5) is 13.2 Å². The number of hydrogen-bond acceptors (Lipinski definition) is 0. The van der Waals surface area contributed by atoms with Gasteiger partial charge in [0.15, 0.2) is 0 Å². The minimum atomic E-state index is -4.28. The summed E-state index contributed by atoms with van der Waals surface area (Å²) in [7, 11) is 0. The van der Waals surface area contributed by atoms with E-state index in [1.165, 1.54) is 81.9 Å². The first-order valence-corrected chi connectivity index (χ1v) is 10.6. The number of benzene rings is 2. The fourth-order valence-corrected chi connectivity index (χ4v) is 4.52. The van der Waals surface area contributed by atoms with E-state index in [1.807, 2.05) is 12.1 Å². The van der Waals surface area contributed by atoms with Gasteiger partial charge in [-0.05, 0) is 66.0 Å². The Morgan fingerprint density at radius 2 is 1.48 bits per heavy atom. The van der Waals surface area contributed by atoms with Gasteiger partial charge >= 0.3 is 6.18 Å². The summed E-state index contributed by atoms with van der Waals surface area (Å²) < 4.78 is 38.6. The maximum absolute atomic E-state index is 12.9. The summed E-state index contributed by atoms with van der Waals surface area (Å²) >= 11 is 0. The van der Waals surface area contributed by atoms with Crippen LogP contribution in [0.15, 0.2) is 36.4 Å². The van der Waals surface area contributed by atoms with Crippen LogP contribution in [-0.4, -0.2) is 0 Å². The van der Waals surface area contributed by atoms with Crippen LogP contribution < -0.4 is 0 Å². The molecule has 0 N–H and O–H groups in total. The van der Waals surface area contributed by atoms with E-state index in [4.69, 9.17) is 0 Å². The molecule has 3 heteroatoms. The summed E-state index contributed by atoms with van der Waals surface area (Å²) in [6.45, 7) is 2.25. The molecular weight excluding hydrogens is 345 g/mol. The second kappa shape index (κ2) is 9.12. The van der Waals surface area contributed by atoms with E-state index in [0.717, 1.165) is 11.3 Å². The lowest BCUT2D eigenvalue weighted by atomic mass is 9.76. The van der Waals surface area contributed by atoms with Crippen molar-refractivity contribution in [3.63, 3.8) is 0 Å². The summed E-state index contributed by atoms with van der Waals surface area (Å²) in [6, 6.07) is 10.1. The van der Waals surface area contributed by atoms with Crippen LogP contribution >= 0.6 is 0 Å². The van der Waals surface area contributed by atoms with Gasteiger partial charge in [-0.1, -0.05) is 69.7 Å². The van der Waals surface area contributed by atoms with Crippen LogP contribution in [0, 0.1) is 5.92 Å². The first kappa shape index (κ1) is 20.2. The van der Waals surface area contributed by atoms with Gasteiger partial charge in [0, 0.05) is 0 Å². The molecular formula is C24H31F3. The summed E-state index contributed by atoms with van der Waals surface area (Å²) in [5, 5.41) is 1.59. The minimum absolute atomic E-state index is 0.563. The zero-order valence-corrected chi connectivity index (χ0v) is 16.3. The van der Waals surface area contributed by atoms with Crippen molar-refractivity contribution in [1.82, 2.24) is 0 Å². The molecule has 2 aromatic carbocycles. The normalized spacial score (nSPS) is 20.9. The average Bonchev–Trinajstić information content (AvgIpc) is 2.67. The Morgan fingerprint density at radius 3 is 2.19 bits per heavy atom. The molecule has 0 amide bonds. The standard InChI is InChI=1S/C24H31F3/c1-2-3-4-5-6-7-18-8-10-19(11-9-18)20-12-13-22-17-23(24(25,26)27)15-14-21(22)16-20/h12-19H,2-11H2,1H3. The average molecular weight is 377 g/mol. The van der Waals surface area contributed by atoms with Gasteiger partial charge in [0.1, 0.15) is 0 Å². The van der Waals surface area contributed by atoms with E-state index in [1.54, 1.807) is 6.07 Å². The molecule has 2 aromatic rings. The highest BCUT2D eigenvalue weighted by Gasteiger charge is 2.30. The zero-order valence-electron chi connectivity index (χ0n) is 16.3. The maximum atomic E-state index is 12.9. The van der Waals surface area contributed by atoms with E-state index in [9.17, 15) is 13.2 Å². The Labute approximate surface area is 161 Å². The summed E-state index contributed by atoms with van der Waals surface area (Å²) in [6.07, 6.45) is 8.89. The molecule has 148 valence electrons. The van der Waals surface area contributed by atoms with Gasteiger partial charge in [-0.2, -0.15) is 13.2 Å². The number of halogens is 3. The topological polar surface area (TPSA) is 0 Å². The molecule has 0 aliphatic heterocycles. The van der Waals surface area contributed by atoms with Crippen LogP contribution in [-0.2, 0) is 6.18 Å². The molecule has 1 saturated carbocycles. The van der Waals surface area contributed by atoms with Gasteiger partial charge in [0.2, 0.25) is 0 Å². The Balaban J connectivity index is 1.56. The Kier molecular flexibility index (Phi) is 6.83. The molecule has 0 aromatic heterocycles. The van der Waals surface area contributed by atoms with Gasteiger partial charge in [0.05, 0.1) is 5.56 Å². The lowest BCUT2D eigenvalue weighted by Crippen LogP contribution is -2.13. The minimum Gasteiger partial charge on any atom is -0.166 e. The van der Waals surface area contributed by atoms with E-state index < -0.39 is 11.7 Å². The van der Waals surface area contributed by atoms with Crippen molar-refractivity contribution in [2.24, 2.45) is 5.92 Å². The van der Waals surface area contributed by atoms with Gasteiger partial charge in [-0.25, -0.2) is 0 Å². The monoisotopic (exact) mass is 376 g/mol. The highest BCUT2D eigenvalue weighted by atomic mass is 19.4. The molecule has 0 unspecified atom stereocenters. The highest BCUT2D eigenvalue weighted by Crippen LogP contribution is 2.39. The number of rotatable bonds is 7. The third kappa shape index (κ3) is 5.49. The molecule has 0 nitrogen and oxygen atoms in total. The van der Waals surface area contributed by atoms with Crippen LogP contribution in [0.5, 0.6) is 0 Å². The summed E-state index contributed by atoms with van der Waals surface area (Å²) in [5.74, 6) is 1.44.